The van der Waals surface area contributed by atoms with Crippen LogP contribution in [0.15, 0.2) is 52.8 Å². The Morgan fingerprint density at radius 2 is 2.10 bits per heavy atom. The lowest BCUT2D eigenvalue weighted by atomic mass is 10.1. The summed E-state index contributed by atoms with van der Waals surface area (Å²) in [6.07, 6.45) is 1.45. The van der Waals surface area contributed by atoms with Crippen LogP contribution in [-0.2, 0) is 4.74 Å². The van der Waals surface area contributed by atoms with Crippen molar-refractivity contribution >= 4 is 41.3 Å². The number of nitrogens with zero attached hydrogens (tertiary/aromatic N) is 2. The highest BCUT2D eigenvalue weighted by Crippen LogP contribution is 2.40. The van der Waals surface area contributed by atoms with Crippen LogP contribution in [0, 0.1) is 0 Å². The molecule has 1 saturated carbocycles. The third-order valence-electron chi connectivity index (χ3n) is 5.61. The summed E-state index contributed by atoms with van der Waals surface area (Å²) < 4.78 is 5.74. The Morgan fingerprint density at radius 3 is 2.79 bits per heavy atom. The van der Waals surface area contributed by atoms with Crippen molar-refractivity contribution in [3.63, 3.8) is 0 Å². The molecular weight excluding hydrogens is 495 g/mol. The molecular formula is C22H31IN4OS. The van der Waals surface area contributed by atoms with Crippen LogP contribution in [0.3, 0.4) is 0 Å². The largest absolute Gasteiger partial charge is 0.376 e. The van der Waals surface area contributed by atoms with Crippen LogP contribution in [0.25, 0.3) is 0 Å². The van der Waals surface area contributed by atoms with E-state index in [1.807, 2.05) is 18.4 Å². The van der Waals surface area contributed by atoms with E-state index in [-0.39, 0.29) is 30.1 Å². The Hall–Kier alpha value is -1.16. The van der Waals surface area contributed by atoms with Gasteiger partial charge in [0.05, 0.1) is 18.8 Å². The molecule has 4 unspecified atom stereocenters. The molecule has 29 heavy (non-hydrogen) atoms. The van der Waals surface area contributed by atoms with Gasteiger partial charge in [-0.05, 0) is 30.4 Å². The van der Waals surface area contributed by atoms with E-state index in [9.17, 15) is 0 Å². The normalized spacial score (nSPS) is 25.7. The van der Waals surface area contributed by atoms with Crippen molar-refractivity contribution in [3.8, 4) is 0 Å². The maximum atomic E-state index is 5.74. The Kier molecular flexibility index (Phi) is 8.35. The first-order chi connectivity index (χ1) is 13.7. The number of benzene rings is 1. The lowest BCUT2D eigenvalue weighted by molar-refractivity contribution is -0.0334. The monoisotopic (exact) mass is 526 g/mol. The van der Waals surface area contributed by atoms with Crippen LogP contribution < -0.4 is 10.6 Å². The van der Waals surface area contributed by atoms with Gasteiger partial charge in [0.1, 0.15) is 0 Å². The minimum atomic E-state index is 0. The maximum absolute atomic E-state index is 5.74. The van der Waals surface area contributed by atoms with Crippen LogP contribution in [-0.4, -0.2) is 56.3 Å². The third-order valence-corrected chi connectivity index (χ3v) is 6.59. The first-order valence-electron chi connectivity index (χ1n) is 10.2. The quantitative estimate of drug-likeness (QED) is 0.341. The molecule has 4 rings (SSSR count). The summed E-state index contributed by atoms with van der Waals surface area (Å²) >= 11 is 1.83. The first-order valence-corrected chi connectivity index (χ1v) is 11.0. The highest BCUT2D eigenvalue weighted by atomic mass is 127. The average Bonchev–Trinajstić information content (AvgIpc) is 3.28. The van der Waals surface area contributed by atoms with Crippen LogP contribution in [0.1, 0.15) is 35.7 Å². The molecule has 158 valence electrons. The molecule has 0 spiro atoms. The molecule has 5 nitrogen and oxygen atoms in total. The first kappa shape index (κ1) is 22.5. The number of hydrogen-bond acceptors (Lipinski definition) is 4. The molecule has 2 N–H and O–H groups in total. The Labute approximate surface area is 195 Å². The standard InChI is InChI=1S/C22H30N4OS.HI/c1-16-15-26(10-11-27-16)20(21-9-6-12-28-21)14-24-22(23-2)25-19-13-18(19)17-7-4-3-5-8-17;/h3-9,12,16,18-20H,10-11,13-15H2,1-2H3,(H2,23,24,25);1H. The number of morpholine rings is 1. The van der Waals surface area contributed by atoms with Gasteiger partial charge in [-0.3, -0.25) is 9.89 Å². The van der Waals surface area contributed by atoms with E-state index in [1.165, 1.54) is 16.9 Å². The molecule has 1 aromatic heterocycles. The van der Waals surface area contributed by atoms with Gasteiger partial charge in [0, 0.05) is 43.5 Å². The third kappa shape index (κ3) is 5.93. The predicted molar refractivity (Wildman–Crippen MR) is 132 cm³/mol. The molecule has 7 heteroatoms. The molecule has 0 bridgehead atoms. The topological polar surface area (TPSA) is 48.9 Å². The lowest BCUT2D eigenvalue weighted by Crippen LogP contribution is -2.48. The van der Waals surface area contributed by atoms with Gasteiger partial charge in [0.15, 0.2) is 5.96 Å². The van der Waals surface area contributed by atoms with Crippen molar-refractivity contribution in [1.29, 1.82) is 0 Å². The summed E-state index contributed by atoms with van der Waals surface area (Å²) in [4.78, 5) is 8.39. The fourth-order valence-electron chi connectivity index (χ4n) is 4.01. The van der Waals surface area contributed by atoms with E-state index in [1.54, 1.807) is 0 Å². The minimum Gasteiger partial charge on any atom is -0.376 e. The molecule has 0 amide bonds. The molecule has 2 fully saturated rings. The second-order valence-corrected chi connectivity index (χ2v) is 8.64. The smallest absolute Gasteiger partial charge is 0.191 e. The highest BCUT2D eigenvalue weighted by molar-refractivity contribution is 14.0. The number of halogens is 1. The molecule has 1 aliphatic carbocycles. The van der Waals surface area contributed by atoms with E-state index >= 15 is 0 Å². The van der Waals surface area contributed by atoms with E-state index in [4.69, 9.17) is 4.74 Å². The average molecular weight is 526 g/mol. The molecule has 1 aromatic carbocycles. The van der Waals surface area contributed by atoms with Crippen LogP contribution in [0.4, 0.5) is 0 Å². The zero-order valence-electron chi connectivity index (χ0n) is 17.1. The summed E-state index contributed by atoms with van der Waals surface area (Å²) in [5, 5.41) is 9.34. The summed E-state index contributed by atoms with van der Waals surface area (Å²) in [6, 6.07) is 15.9. The number of hydrogen-bond donors (Lipinski definition) is 2. The number of rotatable bonds is 6. The number of nitrogens with one attached hydrogen (secondary N) is 2. The lowest BCUT2D eigenvalue weighted by Gasteiger charge is -2.37. The zero-order chi connectivity index (χ0) is 19.3. The van der Waals surface area contributed by atoms with E-state index in [2.05, 4.69) is 75.3 Å². The van der Waals surface area contributed by atoms with Crippen molar-refractivity contribution in [2.24, 2.45) is 4.99 Å². The Balaban J connectivity index is 0.00000240. The predicted octanol–water partition coefficient (Wildman–Crippen LogP) is 3.85. The summed E-state index contributed by atoms with van der Waals surface area (Å²) in [5.74, 6) is 1.49. The van der Waals surface area contributed by atoms with Crippen molar-refractivity contribution in [2.45, 2.75) is 37.5 Å². The fourth-order valence-corrected chi connectivity index (χ4v) is 4.87. The van der Waals surface area contributed by atoms with Gasteiger partial charge in [-0.15, -0.1) is 35.3 Å². The summed E-state index contributed by atoms with van der Waals surface area (Å²) in [7, 11) is 1.85. The van der Waals surface area contributed by atoms with Gasteiger partial charge in [0.25, 0.3) is 0 Å². The summed E-state index contributed by atoms with van der Waals surface area (Å²) in [6.45, 7) is 5.74. The van der Waals surface area contributed by atoms with Crippen molar-refractivity contribution in [1.82, 2.24) is 15.5 Å². The van der Waals surface area contributed by atoms with E-state index < -0.39 is 0 Å². The summed E-state index contributed by atoms with van der Waals surface area (Å²) in [5.41, 5.74) is 1.41. The van der Waals surface area contributed by atoms with Gasteiger partial charge in [-0.1, -0.05) is 36.4 Å². The molecule has 4 atom stereocenters. The van der Waals surface area contributed by atoms with Gasteiger partial charge < -0.3 is 15.4 Å². The molecule has 1 saturated heterocycles. The minimum absolute atomic E-state index is 0. The van der Waals surface area contributed by atoms with Crippen LogP contribution in [0.5, 0.6) is 0 Å². The van der Waals surface area contributed by atoms with Crippen molar-refractivity contribution in [2.75, 3.05) is 33.3 Å². The number of ether oxygens (including phenoxy) is 1. The maximum Gasteiger partial charge on any atom is 0.191 e. The molecule has 2 aliphatic rings. The SMILES string of the molecule is CN=C(NCC(c1cccs1)N1CCOC(C)C1)NC1CC1c1ccccc1.I. The molecule has 2 aromatic rings. The Bertz CT molecular complexity index is 770. The van der Waals surface area contributed by atoms with Crippen LogP contribution >= 0.6 is 35.3 Å². The molecule has 1 aliphatic heterocycles. The highest BCUT2D eigenvalue weighted by Gasteiger charge is 2.39. The second-order valence-electron chi connectivity index (χ2n) is 7.66. The van der Waals surface area contributed by atoms with Gasteiger partial charge in [0.2, 0.25) is 0 Å². The second kappa shape index (κ2) is 10.7. The van der Waals surface area contributed by atoms with Gasteiger partial charge in [-0.2, -0.15) is 0 Å². The number of thiophene rings is 1. The number of aliphatic imine (C=N–C) groups is 1. The van der Waals surface area contributed by atoms with Crippen molar-refractivity contribution in [3.05, 3.63) is 58.3 Å². The zero-order valence-corrected chi connectivity index (χ0v) is 20.2. The van der Waals surface area contributed by atoms with Crippen LogP contribution in [0.2, 0.25) is 0 Å². The number of guanidine groups is 1. The van der Waals surface area contributed by atoms with E-state index in [0.717, 1.165) is 32.2 Å². The molecule has 0 radical (unpaired) electrons. The fraction of sp³-hybridized carbons (Fsp3) is 0.500. The van der Waals surface area contributed by atoms with Gasteiger partial charge >= 0.3 is 0 Å². The Morgan fingerprint density at radius 1 is 1.28 bits per heavy atom. The molecule has 2 heterocycles. The van der Waals surface area contributed by atoms with E-state index in [0.29, 0.717) is 18.0 Å². The van der Waals surface area contributed by atoms with Crippen molar-refractivity contribution < 1.29 is 4.74 Å². The van der Waals surface area contributed by atoms with Gasteiger partial charge in [-0.25, -0.2) is 0 Å².